The van der Waals surface area contributed by atoms with Crippen molar-refractivity contribution < 1.29 is 4.79 Å². The lowest BCUT2D eigenvalue weighted by atomic mass is 10.1. The van der Waals surface area contributed by atoms with Crippen molar-refractivity contribution in [2.75, 3.05) is 26.2 Å². The van der Waals surface area contributed by atoms with Gasteiger partial charge in [0.2, 0.25) is 0 Å². The summed E-state index contributed by atoms with van der Waals surface area (Å²) in [7, 11) is 0. The molecule has 0 bridgehead atoms. The van der Waals surface area contributed by atoms with Crippen LogP contribution in [0, 0.1) is 6.92 Å². The standard InChI is InChI=1S/C19H27N5O/c1-14-5-6-16-17(11-14)22-18(21-16)12-20-19(25)24-10-7-15(13-24)23-8-3-2-4-9-23/h5-6,11,15H,2-4,7-10,12-13H2,1H3,(H,20,25)(H,21,22)/t15-/m0/s1. The van der Waals surface area contributed by atoms with Gasteiger partial charge in [0, 0.05) is 19.1 Å². The van der Waals surface area contributed by atoms with Gasteiger partial charge >= 0.3 is 6.03 Å². The summed E-state index contributed by atoms with van der Waals surface area (Å²) >= 11 is 0. The molecule has 6 heteroatoms. The van der Waals surface area contributed by atoms with Gasteiger partial charge in [-0.3, -0.25) is 4.90 Å². The molecule has 2 aromatic rings. The van der Waals surface area contributed by atoms with Gasteiger partial charge in [0.15, 0.2) is 0 Å². The Morgan fingerprint density at radius 3 is 2.96 bits per heavy atom. The van der Waals surface area contributed by atoms with Crippen molar-refractivity contribution in [2.45, 2.75) is 45.2 Å². The number of fused-ring (bicyclic) bond motifs is 1. The van der Waals surface area contributed by atoms with Crippen molar-refractivity contribution in [1.29, 1.82) is 0 Å². The van der Waals surface area contributed by atoms with Crippen LogP contribution in [0.15, 0.2) is 18.2 Å². The number of carbonyl (C=O) groups excluding carboxylic acids is 1. The van der Waals surface area contributed by atoms with E-state index < -0.39 is 0 Å². The average Bonchev–Trinajstić information content (AvgIpc) is 3.27. The van der Waals surface area contributed by atoms with E-state index in [9.17, 15) is 4.79 Å². The van der Waals surface area contributed by atoms with Crippen molar-refractivity contribution in [2.24, 2.45) is 0 Å². The zero-order chi connectivity index (χ0) is 17.2. The number of rotatable bonds is 3. The highest BCUT2D eigenvalue weighted by molar-refractivity contribution is 5.76. The lowest BCUT2D eigenvalue weighted by Crippen LogP contribution is -2.43. The largest absolute Gasteiger partial charge is 0.340 e. The third-order valence-electron chi connectivity index (χ3n) is 5.45. The first kappa shape index (κ1) is 16.4. The molecule has 0 saturated carbocycles. The first-order valence-corrected chi connectivity index (χ1v) is 9.41. The first-order valence-electron chi connectivity index (χ1n) is 9.41. The highest BCUT2D eigenvalue weighted by Crippen LogP contribution is 2.20. The molecular formula is C19H27N5O. The van der Waals surface area contributed by atoms with Gasteiger partial charge in [0.1, 0.15) is 5.82 Å². The van der Waals surface area contributed by atoms with Crippen LogP contribution in [0.3, 0.4) is 0 Å². The molecule has 0 spiro atoms. The number of hydrogen-bond donors (Lipinski definition) is 2. The fraction of sp³-hybridized carbons (Fsp3) is 0.579. The lowest BCUT2D eigenvalue weighted by Gasteiger charge is -2.32. The molecule has 3 heterocycles. The van der Waals surface area contributed by atoms with Crippen LogP contribution in [0.25, 0.3) is 11.0 Å². The molecule has 134 valence electrons. The molecule has 0 aliphatic carbocycles. The number of nitrogens with one attached hydrogen (secondary N) is 2. The number of aryl methyl sites for hydroxylation is 1. The second-order valence-electron chi connectivity index (χ2n) is 7.35. The van der Waals surface area contributed by atoms with Gasteiger partial charge < -0.3 is 15.2 Å². The van der Waals surface area contributed by atoms with E-state index in [4.69, 9.17) is 0 Å². The van der Waals surface area contributed by atoms with Gasteiger partial charge in [-0.1, -0.05) is 12.5 Å². The average molecular weight is 341 g/mol. The van der Waals surface area contributed by atoms with Gasteiger partial charge in [0.25, 0.3) is 0 Å². The predicted octanol–water partition coefficient (Wildman–Crippen LogP) is 2.64. The predicted molar refractivity (Wildman–Crippen MR) is 98.5 cm³/mol. The topological polar surface area (TPSA) is 64.3 Å². The van der Waals surface area contributed by atoms with Crippen LogP contribution < -0.4 is 5.32 Å². The maximum Gasteiger partial charge on any atom is 0.317 e. The third kappa shape index (κ3) is 3.63. The summed E-state index contributed by atoms with van der Waals surface area (Å²) in [6.45, 7) is 6.60. The van der Waals surface area contributed by atoms with Crippen LogP contribution in [0.1, 0.15) is 37.1 Å². The summed E-state index contributed by atoms with van der Waals surface area (Å²) in [4.78, 5) is 24.8. The maximum absolute atomic E-state index is 12.5. The Morgan fingerprint density at radius 2 is 2.12 bits per heavy atom. The van der Waals surface area contributed by atoms with E-state index in [1.165, 1.54) is 37.9 Å². The molecule has 1 atom stereocenters. The van der Waals surface area contributed by atoms with Crippen LogP contribution in [-0.2, 0) is 6.54 Å². The first-order chi connectivity index (χ1) is 12.2. The van der Waals surface area contributed by atoms with Crippen LogP contribution in [0.4, 0.5) is 4.79 Å². The number of hydrogen-bond acceptors (Lipinski definition) is 3. The molecule has 2 saturated heterocycles. The van der Waals surface area contributed by atoms with Gasteiger partial charge in [-0.25, -0.2) is 9.78 Å². The summed E-state index contributed by atoms with van der Waals surface area (Å²) in [6.07, 6.45) is 5.05. The molecular weight excluding hydrogens is 314 g/mol. The molecule has 1 aromatic carbocycles. The second kappa shape index (κ2) is 7.04. The molecule has 0 radical (unpaired) electrons. The maximum atomic E-state index is 12.5. The molecule has 25 heavy (non-hydrogen) atoms. The number of imidazole rings is 1. The number of H-pyrrole nitrogens is 1. The van der Waals surface area contributed by atoms with E-state index in [1.54, 1.807) is 0 Å². The summed E-state index contributed by atoms with van der Waals surface area (Å²) in [6, 6.07) is 6.71. The van der Waals surface area contributed by atoms with Crippen LogP contribution >= 0.6 is 0 Å². The van der Waals surface area contributed by atoms with Crippen molar-refractivity contribution in [3.8, 4) is 0 Å². The molecule has 0 unspecified atom stereocenters. The minimum atomic E-state index is 0.0242. The minimum absolute atomic E-state index is 0.0242. The Kier molecular flexibility index (Phi) is 4.61. The molecule has 2 amide bonds. The van der Waals surface area contributed by atoms with Crippen molar-refractivity contribution in [1.82, 2.24) is 25.1 Å². The number of benzene rings is 1. The number of nitrogens with zero attached hydrogens (tertiary/aromatic N) is 3. The zero-order valence-corrected chi connectivity index (χ0v) is 14.9. The Hall–Kier alpha value is -2.08. The van der Waals surface area contributed by atoms with Gasteiger partial charge in [-0.2, -0.15) is 0 Å². The Bertz CT molecular complexity index is 749. The monoisotopic (exact) mass is 341 g/mol. The SMILES string of the molecule is Cc1ccc2nc(CNC(=O)N3CC[C@H](N4CCCCC4)C3)[nH]c2c1. The Morgan fingerprint density at radius 1 is 1.28 bits per heavy atom. The fourth-order valence-corrected chi connectivity index (χ4v) is 4.04. The number of aromatic amines is 1. The van der Waals surface area contributed by atoms with Crippen LogP contribution in [0.2, 0.25) is 0 Å². The van der Waals surface area contributed by atoms with E-state index in [2.05, 4.69) is 39.2 Å². The fourth-order valence-electron chi connectivity index (χ4n) is 4.04. The van der Waals surface area contributed by atoms with E-state index >= 15 is 0 Å². The number of aromatic nitrogens is 2. The molecule has 2 fully saturated rings. The van der Waals surface area contributed by atoms with Crippen molar-refractivity contribution in [3.63, 3.8) is 0 Å². The summed E-state index contributed by atoms with van der Waals surface area (Å²) in [5, 5.41) is 3.01. The number of piperidine rings is 1. The smallest absolute Gasteiger partial charge is 0.317 e. The third-order valence-corrected chi connectivity index (χ3v) is 5.45. The minimum Gasteiger partial charge on any atom is -0.340 e. The zero-order valence-electron chi connectivity index (χ0n) is 14.9. The van der Waals surface area contributed by atoms with Crippen molar-refractivity contribution in [3.05, 3.63) is 29.6 Å². The molecule has 4 rings (SSSR count). The number of amides is 2. The van der Waals surface area contributed by atoms with Gasteiger partial charge in [0.05, 0.1) is 17.6 Å². The molecule has 1 aromatic heterocycles. The van der Waals surface area contributed by atoms with Crippen molar-refractivity contribution >= 4 is 17.1 Å². The number of likely N-dealkylation sites (tertiary alicyclic amines) is 2. The highest BCUT2D eigenvalue weighted by atomic mass is 16.2. The lowest BCUT2D eigenvalue weighted by molar-refractivity contribution is 0.161. The van der Waals surface area contributed by atoms with Gasteiger partial charge in [-0.15, -0.1) is 0 Å². The van der Waals surface area contributed by atoms with Gasteiger partial charge in [-0.05, 0) is 57.0 Å². The van der Waals surface area contributed by atoms with E-state index in [-0.39, 0.29) is 6.03 Å². The molecule has 2 N–H and O–H groups in total. The van der Waals surface area contributed by atoms with E-state index in [1.807, 2.05) is 11.0 Å². The van der Waals surface area contributed by atoms with E-state index in [0.29, 0.717) is 12.6 Å². The van der Waals surface area contributed by atoms with E-state index in [0.717, 1.165) is 36.4 Å². The summed E-state index contributed by atoms with van der Waals surface area (Å²) in [5.74, 6) is 0.806. The Balaban J connectivity index is 1.31. The molecule has 2 aliphatic heterocycles. The summed E-state index contributed by atoms with van der Waals surface area (Å²) < 4.78 is 0. The van der Waals surface area contributed by atoms with Crippen LogP contribution in [0.5, 0.6) is 0 Å². The number of urea groups is 1. The molecule has 2 aliphatic rings. The summed E-state index contributed by atoms with van der Waals surface area (Å²) in [5.41, 5.74) is 3.17. The quantitative estimate of drug-likeness (QED) is 0.902. The normalized spacial score (nSPS) is 21.8. The highest BCUT2D eigenvalue weighted by Gasteiger charge is 2.30. The second-order valence-corrected chi connectivity index (χ2v) is 7.35. The Labute approximate surface area is 148 Å². The molecule has 6 nitrogen and oxygen atoms in total. The van der Waals surface area contributed by atoms with Crippen LogP contribution in [-0.4, -0.2) is 58.0 Å². The number of carbonyl (C=O) groups is 1.